The van der Waals surface area contributed by atoms with Crippen molar-refractivity contribution in [2.45, 2.75) is 32.3 Å². The molecule has 0 radical (unpaired) electrons. The van der Waals surface area contributed by atoms with Crippen molar-refractivity contribution >= 4 is 11.9 Å². The van der Waals surface area contributed by atoms with Gasteiger partial charge in [-0.15, -0.1) is 0 Å². The average molecular weight is 336 g/mol. The second kappa shape index (κ2) is 7.42. The van der Waals surface area contributed by atoms with Gasteiger partial charge in [0.15, 0.2) is 5.82 Å². The van der Waals surface area contributed by atoms with Crippen LogP contribution in [0, 0.1) is 23.6 Å². The van der Waals surface area contributed by atoms with Crippen LogP contribution in [-0.2, 0) is 9.53 Å². The van der Waals surface area contributed by atoms with Crippen LogP contribution in [0.25, 0.3) is 0 Å². The summed E-state index contributed by atoms with van der Waals surface area (Å²) in [6, 6.07) is 0. The van der Waals surface area contributed by atoms with Crippen molar-refractivity contribution in [3.63, 3.8) is 0 Å². The van der Waals surface area contributed by atoms with Gasteiger partial charge in [0.05, 0.1) is 12.4 Å². The fraction of sp³-hybridized carbons (Fsp3) is 0.706. The molecule has 0 spiro atoms. The second-order valence-electron chi connectivity index (χ2n) is 6.94. The molecule has 3 rings (SSSR count). The Morgan fingerprint density at radius 3 is 2.71 bits per heavy atom. The molecule has 3 atom stereocenters. The third-order valence-electron chi connectivity index (χ3n) is 5.29. The van der Waals surface area contributed by atoms with Crippen LogP contribution in [0.3, 0.4) is 0 Å². The zero-order valence-electron chi connectivity index (χ0n) is 14.2. The maximum atomic E-state index is 12.9. The number of hydrogen-bond donors (Lipinski definition) is 1. The van der Waals surface area contributed by atoms with E-state index < -0.39 is 5.82 Å². The first kappa shape index (κ1) is 17.1. The predicted molar refractivity (Wildman–Crippen MR) is 88.0 cm³/mol. The summed E-state index contributed by atoms with van der Waals surface area (Å²) >= 11 is 0. The third-order valence-corrected chi connectivity index (χ3v) is 5.29. The van der Waals surface area contributed by atoms with Crippen LogP contribution in [0.4, 0.5) is 10.3 Å². The van der Waals surface area contributed by atoms with Gasteiger partial charge in [0.25, 0.3) is 0 Å². The van der Waals surface area contributed by atoms with E-state index in [-0.39, 0.29) is 12.0 Å². The molecular weight excluding hydrogens is 311 g/mol. The van der Waals surface area contributed by atoms with E-state index in [2.05, 4.69) is 22.2 Å². The first-order valence-corrected chi connectivity index (χ1v) is 8.61. The van der Waals surface area contributed by atoms with Gasteiger partial charge in [-0.3, -0.25) is 4.79 Å². The number of anilines is 1. The molecule has 1 aromatic heterocycles. The van der Waals surface area contributed by atoms with Crippen molar-refractivity contribution in [2.75, 3.05) is 31.6 Å². The lowest BCUT2D eigenvalue weighted by atomic mass is 9.80. The molecule has 7 heteroatoms. The number of rotatable bonds is 6. The number of hydrogen-bond acceptors (Lipinski definition) is 5. The van der Waals surface area contributed by atoms with Crippen molar-refractivity contribution in [3.05, 3.63) is 18.2 Å². The van der Waals surface area contributed by atoms with Gasteiger partial charge < -0.3 is 15.0 Å². The number of nitrogens with zero attached hydrogens (tertiary/aromatic N) is 3. The molecule has 2 fully saturated rings. The number of carbonyl (C=O) groups excluding carboxylic acids is 1. The normalized spacial score (nSPS) is 25.4. The Morgan fingerprint density at radius 2 is 2.12 bits per heavy atom. The molecular formula is C17H25FN4O2. The maximum Gasteiger partial charge on any atom is 0.249 e. The highest BCUT2D eigenvalue weighted by molar-refractivity contribution is 5.81. The summed E-state index contributed by atoms with van der Waals surface area (Å²) in [5.41, 5.74) is 0. The van der Waals surface area contributed by atoms with Gasteiger partial charge in [-0.1, -0.05) is 13.3 Å². The van der Waals surface area contributed by atoms with Gasteiger partial charge in [-0.05, 0) is 30.6 Å². The van der Waals surface area contributed by atoms with Gasteiger partial charge in [-0.2, -0.15) is 0 Å². The van der Waals surface area contributed by atoms with Crippen molar-refractivity contribution in [1.82, 2.24) is 15.3 Å². The monoisotopic (exact) mass is 336 g/mol. The summed E-state index contributed by atoms with van der Waals surface area (Å²) in [5, 5.41) is 3.04. The van der Waals surface area contributed by atoms with E-state index in [4.69, 9.17) is 4.74 Å². The number of nitrogens with one attached hydrogen (secondary N) is 1. The number of methoxy groups -OCH3 is 1. The van der Waals surface area contributed by atoms with Gasteiger partial charge in [0.1, 0.15) is 6.10 Å². The Labute approximate surface area is 141 Å². The molecule has 1 saturated carbocycles. The van der Waals surface area contributed by atoms with E-state index in [1.807, 2.05) is 4.90 Å². The Balaban J connectivity index is 1.52. The Bertz CT molecular complexity index is 564. The first-order chi connectivity index (χ1) is 11.6. The molecule has 0 bridgehead atoms. The highest BCUT2D eigenvalue weighted by Crippen LogP contribution is 2.31. The molecule has 1 aromatic rings. The molecule has 2 heterocycles. The van der Waals surface area contributed by atoms with Gasteiger partial charge >= 0.3 is 0 Å². The number of amides is 1. The highest BCUT2D eigenvalue weighted by atomic mass is 19.1. The van der Waals surface area contributed by atoms with Crippen LogP contribution in [0.5, 0.6) is 0 Å². The predicted octanol–water partition coefficient (Wildman–Crippen LogP) is 1.62. The average Bonchev–Trinajstić information content (AvgIpc) is 2.90. The number of ether oxygens (including phenoxy) is 1. The SMILES string of the molecule is COC(C(=O)NC[C@@H]1CN(c2ncc(F)cn2)C[C@H]1C)C1CCC1. The molecule has 6 nitrogen and oxygen atoms in total. The minimum Gasteiger partial charge on any atom is -0.371 e. The van der Waals surface area contributed by atoms with E-state index in [1.54, 1.807) is 7.11 Å². The molecule has 1 aliphatic carbocycles. The van der Waals surface area contributed by atoms with Crippen molar-refractivity contribution in [3.8, 4) is 0 Å². The molecule has 24 heavy (non-hydrogen) atoms. The highest BCUT2D eigenvalue weighted by Gasteiger charge is 2.35. The van der Waals surface area contributed by atoms with E-state index >= 15 is 0 Å². The van der Waals surface area contributed by atoms with Crippen LogP contribution in [0.1, 0.15) is 26.2 Å². The topological polar surface area (TPSA) is 67.3 Å². The largest absolute Gasteiger partial charge is 0.371 e. The van der Waals surface area contributed by atoms with E-state index in [9.17, 15) is 9.18 Å². The standard InChI is InChI=1S/C17H25FN4O2/c1-11-9-22(17-20-7-14(18)8-21-17)10-13(11)6-19-16(23)15(24-2)12-4-3-5-12/h7-8,11-13,15H,3-6,9-10H2,1-2H3,(H,19,23)/t11-,13-,15?/m1/s1. The number of halogens is 1. The van der Waals surface area contributed by atoms with Gasteiger partial charge in [-0.25, -0.2) is 14.4 Å². The summed E-state index contributed by atoms with van der Waals surface area (Å²) in [7, 11) is 1.61. The minimum atomic E-state index is -0.434. The summed E-state index contributed by atoms with van der Waals surface area (Å²) in [5.74, 6) is 1.19. The lowest BCUT2D eigenvalue weighted by molar-refractivity contribution is -0.136. The van der Waals surface area contributed by atoms with Gasteiger partial charge in [0.2, 0.25) is 11.9 Å². The van der Waals surface area contributed by atoms with Crippen LogP contribution in [-0.4, -0.2) is 48.7 Å². The Kier molecular flexibility index (Phi) is 5.28. The zero-order chi connectivity index (χ0) is 17.1. The van der Waals surface area contributed by atoms with Gasteiger partial charge in [0, 0.05) is 26.7 Å². The quantitative estimate of drug-likeness (QED) is 0.855. The zero-order valence-corrected chi connectivity index (χ0v) is 14.2. The molecule has 1 aliphatic heterocycles. The number of carbonyl (C=O) groups is 1. The van der Waals surface area contributed by atoms with Crippen LogP contribution >= 0.6 is 0 Å². The molecule has 132 valence electrons. The number of aromatic nitrogens is 2. The van der Waals surface area contributed by atoms with Crippen LogP contribution < -0.4 is 10.2 Å². The maximum absolute atomic E-state index is 12.9. The smallest absolute Gasteiger partial charge is 0.249 e. The first-order valence-electron chi connectivity index (χ1n) is 8.61. The van der Waals surface area contributed by atoms with Crippen molar-refractivity contribution < 1.29 is 13.9 Å². The second-order valence-corrected chi connectivity index (χ2v) is 6.94. The molecule has 2 aliphatic rings. The fourth-order valence-electron chi connectivity index (χ4n) is 3.52. The summed E-state index contributed by atoms with van der Waals surface area (Å²) in [4.78, 5) is 22.5. The van der Waals surface area contributed by atoms with E-state index in [0.717, 1.165) is 25.9 Å². The van der Waals surface area contributed by atoms with Crippen molar-refractivity contribution in [2.24, 2.45) is 17.8 Å². The molecule has 0 aromatic carbocycles. The minimum absolute atomic E-state index is 0.00844. The molecule has 1 saturated heterocycles. The lowest BCUT2D eigenvalue weighted by Crippen LogP contribution is -2.45. The molecule has 1 N–H and O–H groups in total. The van der Waals surface area contributed by atoms with E-state index in [0.29, 0.717) is 30.2 Å². The Morgan fingerprint density at radius 1 is 1.42 bits per heavy atom. The fourth-order valence-corrected chi connectivity index (χ4v) is 3.52. The summed E-state index contributed by atoms with van der Waals surface area (Å²) < 4.78 is 18.3. The van der Waals surface area contributed by atoms with Crippen molar-refractivity contribution in [1.29, 1.82) is 0 Å². The van der Waals surface area contributed by atoms with Crippen LogP contribution in [0.15, 0.2) is 12.4 Å². The van der Waals surface area contributed by atoms with E-state index in [1.165, 1.54) is 18.8 Å². The summed E-state index contributed by atoms with van der Waals surface area (Å²) in [6.07, 6.45) is 5.37. The third kappa shape index (κ3) is 3.66. The van der Waals surface area contributed by atoms with Crippen LogP contribution in [0.2, 0.25) is 0 Å². The lowest BCUT2D eigenvalue weighted by Gasteiger charge is -2.32. The molecule has 1 amide bonds. The summed E-state index contributed by atoms with van der Waals surface area (Å²) in [6.45, 7) is 4.33. The Hall–Kier alpha value is -1.76. The molecule has 1 unspecified atom stereocenters.